The van der Waals surface area contributed by atoms with E-state index in [4.69, 9.17) is 0 Å². The van der Waals surface area contributed by atoms with Crippen LogP contribution in [0, 0.1) is 0 Å². The molecule has 0 heterocycles. The molecule has 6 aromatic rings. The van der Waals surface area contributed by atoms with Gasteiger partial charge in [0.05, 0.1) is 0 Å². The topological polar surface area (TPSA) is 6.48 Å². The van der Waals surface area contributed by atoms with E-state index in [-0.39, 0.29) is 0 Å². The van der Waals surface area contributed by atoms with E-state index >= 15 is 0 Å². The fraction of sp³-hybridized carbons (Fsp3) is 0.0526. The third-order valence-electron chi connectivity index (χ3n) is 7.91. The Hall–Kier alpha value is -5.08. The predicted molar refractivity (Wildman–Crippen MR) is 169 cm³/mol. The van der Waals surface area contributed by atoms with Crippen LogP contribution in [0.25, 0.3) is 22.3 Å². The van der Waals surface area contributed by atoms with Crippen LogP contribution in [0.5, 0.6) is 0 Å². The summed E-state index contributed by atoms with van der Waals surface area (Å²) in [5, 5.41) is 0. The second-order valence-electron chi connectivity index (χ2n) is 10.3. The van der Waals surface area contributed by atoms with Crippen LogP contribution in [0.2, 0.25) is 0 Å². The lowest BCUT2D eigenvalue weighted by Crippen LogP contribution is -2.11. The number of nitrogens with zero attached hydrogens (tertiary/aromatic N) is 2. The first kappa shape index (κ1) is 24.0. The molecule has 2 heteroatoms. The van der Waals surface area contributed by atoms with Crippen molar-refractivity contribution >= 4 is 28.4 Å². The summed E-state index contributed by atoms with van der Waals surface area (Å²) in [5.41, 5.74) is 13.8. The molecule has 0 bridgehead atoms. The Balaban J connectivity index is 1.13. The third kappa shape index (κ3) is 4.44. The molecule has 1 aliphatic carbocycles. The molecule has 192 valence electrons. The Bertz CT molecular complexity index is 1720. The van der Waals surface area contributed by atoms with E-state index in [0.29, 0.717) is 0 Å². The van der Waals surface area contributed by atoms with E-state index in [2.05, 4.69) is 169 Å². The van der Waals surface area contributed by atoms with Gasteiger partial charge in [-0.2, -0.15) is 0 Å². The molecule has 0 saturated heterocycles. The lowest BCUT2D eigenvalue weighted by molar-refractivity contribution is 1.20. The maximum atomic E-state index is 2.35. The van der Waals surface area contributed by atoms with Crippen molar-refractivity contribution in [1.82, 2.24) is 0 Å². The normalized spacial score (nSPS) is 11.5. The summed E-state index contributed by atoms with van der Waals surface area (Å²) in [6, 6.07) is 54.4. The van der Waals surface area contributed by atoms with Gasteiger partial charge in [0.2, 0.25) is 0 Å². The maximum Gasteiger partial charge on any atom is 0.0463 e. The highest BCUT2D eigenvalue weighted by molar-refractivity contribution is 5.82. The van der Waals surface area contributed by atoms with Crippen molar-refractivity contribution in [2.24, 2.45) is 0 Å². The van der Waals surface area contributed by atoms with Gasteiger partial charge in [-0.25, -0.2) is 0 Å². The first-order valence-electron chi connectivity index (χ1n) is 13.8. The third-order valence-corrected chi connectivity index (χ3v) is 7.91. The molecular formula is C38H30N2. The fourth-order valence-corrected chi connectivity index (χ4v) is 5.76. The smallest absolute Gasteiger partial charge is 0.0463 e. The Kier molecular flexibility index (Phi) is 6.14. The van der Waals surface area contributed by atoms with Crippen molar-refractivity contribution in [3.63, 3.8) is 0 Å². The predicted octanol–water partition coefficient (Wildman–Crippen LogP) is 10.2. The second-order valence-corrected chi connectivity index (χ2v) is 10.3. The number of benzene rings is 6. The minimum Gasteiger partial charge on any atom is -0.345 e. The standard InChI is InChI=1S/C38H30N2/c1-39(33-22-24-36(25-23-33)40(34-11-4-2-5-12-34)35-13-6-3-7-14-35)32-20-18-28(19-21-32)29-16-17-31-26-30-10-8-9-15-37(30)38(31)27-29/h2-25,27H,26H2,1H3. The molecular weight excluding hydrogens is 484 g/mol. The largest absolute Gasteiger partial charge is 0.345 e. The van der Waals surface area contributed by atoms with E-state index in [9.17, 15) is 0 Å². The van der Waals surface area contributed by atoms with Gasteiger partial charge < -0.3 is 9.80 Å². The number of rotatable bonds is 6. The average molecular weight is 515 g/mol. The summed E-state index contributed by atoms with van der Waals surface area (Å²) < 4.78 is 0. The highest BCUT2D eigenvalue weighted by Gasteiger charge is 2.18. The number of anilines is 5. The fourth-order valence-electron chi connectivity index (χ4n) is 5.76. The molecule has 1 aliphatic rings. The summed E-state index contributed by atoms with van der Waals surface area (Å²) in [4.78, 5) is 4.52. The van der Waals surface area contributed by atoms with Crippen LogP contribution >= 0.6 is 0 Å². The zero-order valence-corrected chi connectivity index (χ0v) is 22.5. The van der Waals surface area contributed by atoms with Gasteiger partial charge in [0.1, 0.15) is 0 Å². The van der Waals surface area contributed by atoms with Gasteiger partial charge in [-0.15, -0.1) is 0 Å². The first-order valence-corrected chi connectivity index (χ1v) is 13.8. The van der Waals surface area contributed by atoms with E-state index < -0.39 is 0 Å². The molecule has 0 aromatic heterocycles. The van der Waals surface area contributed by atoms with Crippen molar-refractivity contribution in [1.29, 1.82) is 0 Å². The van der Waals surface area contributed by atoms with Gasteiger partial charge in [0.15, 0.2) is 0 Å². The van der Waals surface area contributed by atoms with Crippen LogP contribution in [0.15, 0.2) is 152 Å². The lowest BCUT2D eigenvalue weighted by Gasteiger charge is -2.26. The summed E-state index contributed by atoms with van der Waals surface area (Å²) in [6.45, 7) is 0. The van der Waals surface area contributed by atoms with Crippen LogP contribution in [-0.4, -0.2) is 7.05 Å². The van der Waals surface area contributed by atoms with Gasteiger partial charge in [0, 0.05) is 35.5 Å². The number of para-hydroxylation sites is 2. The number of fused-ring (bicyclic) bond motifs is 3. The molecule has 6 aromatic carbocycles. The molecule has 7 rings (SSSR count). The molecule has 0 unspecified atom stereocenters. The molecule has 0 spiro atoms. The Morgan fingerprint density at radius 2 is 0.875 bits per heavy atom. The van der Waals surface area contributed by atoms with E-state index in [1.165, 1.54) is 33.4 Å². The molecule has 0 atom stereocenters. The van der Waals surface area contributed by atoms with E-state index in [1.807, 2.05) is 0 Å². The molecule has 0 amide bonds. The molecule has 0 aliphatic heterocycles. The first-order chi connectivity index (χ1) is 19.7. The molecule has 40 heavy (non-hydrogen) atoms. The van der Waals surface area contributed by atoms with Gasteiger partial charge >= 0.3 is 0 Å². The van der Waals surface area contributed by atoms with Crippen LogP contribution in [0.1, 0.15) is 11.1 Å². The highest BCUT2D eigenvalue weighted by Crippen LogP contribution is 2.39. The lowest BCUT2D eigenvalue weighted by atomic mass is 9.98. The minimum atomic E-state index is 1.03. The second kappa shape index (κ2) is 10.2. The van der Waals surface area contributed by atoms with Crippen LogP contribution in [-0.2, 0) is 6.42 Å². The zero-order valence-electron chi connectivity index (χ0n) is 22.5. The summed E-state index contributed by atoms with van der Waals surface area (Å²) in [7, 11) is 2.13. The molecule has 0 N–H and O–H groups in total. The van der Waals surface area contributed by atoms with E-state index in [1.54, 1.807) is 0 Å². The average Bonchev–Trinajstić information content (AvgIpc) is 3.40. The van der Waals surface area contributed by atoms with Crippen LogP contribution in [0.3, 0.4) is 0 Å². The minimum absolute atomic E-state index is 1.03. The monoisotopic (exact) mass is 514 g/mol. The van der Waals surface area contributed by atoms with E-state index in [0.717, 1.165) is 34.9 Å². The summed E-state index contributed by atoms with van der Waals surface area (Å²) in [5.74, 6) is 0. The van der Waals surface area contributed by atoms with Gasteiger partial charge in [-0.3, -0.25) is 0 Å². The Labute approximate surface area is 236 Å². The zero-order chi connectivity index (χ0) is 26.9. The summed E-state index contributed by atoms with van der Waals surface area (Å²) >= 11 is 0. The Morgan fingerprint density at radius 3 is 1.52 bits per heavy atom. The van der Waals surface area contributed by atoms with Gasteiger partial charge in [-0.1, -0.05) is 84.9 Å². The molecule has 0 radical (unpaired) electrons. The van der Waals surface area contributed by atoms with Crippen LogP contribution < -0.4 is 9.80 Å². The van der Waals surface area contributed by atoms with Crippen molar-refractivity contribution in [2.75, 3.05) is 16.8 Å². The quantitative estimate of drug-likeness (QED) is 0.218. The SMILES string of the molecule is CN(c1ccc(-c2ccc3c(c2)-c2ccccc2C3)cc1)c1ccc(N(c2ccccc2)c2ccccc2)cc1. The number of hydrogen-bond donors (Lipinski definition) is 0. The van der Waals surface area contributed by atoms with Crippen molar-refractivity contribution < 1.29 is 0 Å². The Morgan fingerprint density at radius 1 is 0.400 bits per heavy atom. The molecule has 0 fully saturated rings. The van der Waals surface area contributed by atoms with Crippen molar-refractivity contribution in [2.45, 2.75) is 6.42 Å². The molecule has 0 saturated carbocycles. The van der Waals surface area contributed by atoms with Crippen LogP contribution in [0.4, 0.5) is 28.4 Å². The summed E-state index contributed by atoms with van der Waals surface area (Å²) in [6.07, 6.45) is 1.03. The van der Waals surface area contributed by atoms with Gasteiger partial charge in [-0.05, 0) is 107 Å². The van der Waals surface area contributed by atoms with Crippen molar-refractivity contribution in [3.05, 3.63) is 163 Å². The van der Waals surface area contributed by atoms with Gasteiger partial charge in [0.25, 0.3) is 0 Å². The molecule has 2 nitrogen and oxygen atoms in total. The maximum absolute atomic E-state index is 2.35. The van der Waals surface area contributed by atoms with Crippen molar-refractivity contribution in [3.8, 4) is 22.3 Å². The number of hydrogen-bond acceptors (Lipinski definition) is 2. The highest BCUT2D eigenvalue weighted by atomic mass is 15.1.